The van der Waals surface area contributed by atoms with Gasteiger partial charge in [-0.25, -0.2) is 4.68 Å². The Bertz CT molecular complexity index is 1300. The minimum atomic E-state index is -0.945. The van der Waals surface area contributed by atoms with Crippen molar-refractivity contribution in [3.8, 4) is 0 Å². The lowest BCUT2D eigenvalue weighted by atomic mass is 10.0. The highest BCUT2D eigenvalue weighted by Crippen LogP contribution is 2.26. The number of carbonyl (C=O) groups excluding carboxylic acids is 2. The summed E-state index contributed by atoms with van der Waals surface area (Å²) in [5.41, 5.74) is 2.69. The lowest BCUT2D eigenvalue weighted by molar-refractivity contribution is -0.142. The third kappa shape index (κ3) is 5.82. The van der Waals surface area contributed by atoms with Crippen LogP contribution >= 0.6 is 11.6 Å². The predicted octanol–water partition coefficient (Wildman–Crippen LogP) is 3.01. The molecule has 180 valence electrons. The molecular formula is C25H25ClN6O3. The smallest absolute Gasteiger partial charge is 0.247 e. The van der Waals surface area contributed by atoms with E-state index < -0.39 is 6.04 Å². The average Bonchev–Trinajstić information content (AvgIpc) is 3.28. The van der Waals surface area contributed by atoms with Crippen LogP contribution in [0.4, 0.5) is 0 Å². The van der Waals surface area contributed by atoms with Crippen molar-refractivity contribution in [1.29, 1.82) is 0 Å². The van der Waals surface area contributed by atoms with Gasteiger partial charge in [0, 0.05) is 43.2 Å². The van der Waals surface area contributed by atoms with Crippen molar-refractivity contribution in [2.75, 3.05) is 20.3 Å². The molecule has 2 amide bonds. The van der Waals surface area contributed by atoms with E-state index in [1.807, 2.05) is 42.5 Å². The van der Waals surface area contributed by atoms with Crippen LogP contribution in [0.15, 0.2) is 73.1 Å². The number of ether oxygens (including phenoxy) is 1. The molecule has 0 aliphatic rings. The van der Waals surface area contributed by atoms with Crippen LogP contribution < -0.4 is 5.32 Å². The molecule has 0 saturated heterocycles. The molecule has 0 saturated carbocycles. The second-order valence-corrected chi connectivity index (χ2v) is 8.23. The van der Waals surface area contributed by atoms with Crippen LogP contribution in [0.25, 0.3) is 11.0 Å². The number of rotatable bonds is 10. The molecule has 1 atom stereocenters. The molecular weight excluding hydrogens is 468 g/mol. The standard InChI is InChI=1S/C25H25ClN6O3/c1-35-14-13-28-25(34)24(18-8-6-12-27-15-18)31(16-19-7-2-3-9-20(19)26)23(33)17-32-22-11-5-4-10-21(22)29-30-32/h2-12,15,24H,13-14,16-17H2,1H3,(H,28,34)/t24-/m1/s1. The van der Waals surface area contributed by atoms with E-state index >= 15 is 0 Å². The Hall–Kier alpha value is -3.82. The van der Waals surface area contributed by atoms with Crippen molar-refractivity contribution in [1.82, 2.24) is 30.2 Å². The van der Waals surface area contributed by atoms with Crippen molar-refractivity contribution < 1.29 is 14.3 Å². The molecule has 35 heavy (non-hydrogen) atoms. The molecule has 0 aliphatic carbocycles. The van der Waals surface area contributed by atoms with E-state index in [2.05, 4.69) is 20.6 Å². The van der Waals surface area contributed by atoms with Gasteiger partial charge in [-0.05, 0) is 29.8 Å². The third-order valence-corrected chi connectivity index (χ3v) is 5.86. The van der Waals surface area contributed by atoms with Crippen LogP contribution in [0.3, 0.4) is 0 Å². The number of halogens is 1. The fourth-order valence-electron chi connectivity index (χ4n) is 3.77. The number of pyridine rings is 1. The number of methoxy groups -OCH3 is 1. The van der Waals surface area contributed by atoms with Crippen molar-refractivity contribution in [3.63, 3.8) is 0 Å². The highest BCUT2D eigenvalue weighted by atomic mass is 35.5. The maximum Gasteiger partial charge on any atom is 0.247 e. The van der Waals surface area contributed by atoms with Gasteiger partial charge in [0.15, 0.2) is 0 Å². The van der Waals surface area contributed by atoms with Gasteiger partial charge in [-0.15, -0.1) is 5.10 Å². The van der Waals surface area contributed by atoms with Gasteiger partial charge in [0.05, 0.1) is 12.1 Å². The molecule has 0 bridgehead atoms. The number of para-hydroxylation sites is 1. The van der Waals surface area contributed by atoms with Gasteiger partial charge < -0.3 is 15.0 Å². The molecule has 2 aromatic heterocycles. The maximum atomic E-state index is 13.8. The molecule has 0 aliphatic heterocycles. The lowest BCUT2D eigenvalue weighted by Gasteiger charge is -2.31. The van der Waals surface area contributed by atoms with E-state index in [9.17, 15) is 9.59 Å². The Balaban J connectivity index is 1.72. The number of hydrogen-bond acceptors (Lipinski definition) is 6. The van der Waals surface area contributed by atoms with Crippen LogP contribution in [0, 0.1) is 0 Å². The molecule has 10 heteroatoms. The van der Waals surface area contributed by atoms with Gasteiger partial charge in [-0.3, -0.25) is 14.6 Å². The average molecular weight is 493 g/mol. The maximum absolute atomic E-state index is 13.8. The first-order chi connectivity index (χ1) is 17.1. The normalized spacial score (nSPS) is 11.8. The second-order valence-electron chi connectivity index (χ2n) is 7.82. The summed E-state index contributed by atoms with van der Waals surface area (Å²) in [6.45, 7) is 0.651. The molecule has 0 unspecified atom stereocenters. The third-order valence-electron chi connectivity index (χ3n) is 5.49. The summed E-state index contributed by atoms with van der Waals surface area (Å²) in [4.78, 5) is 32.9. The van der Waals surface area contributed by atoms with Crippen molar-refractivity contribution in [3.05, 3.63) is 89.2 Å². The van der Waals surface area contributed by atoms with Gasteiger partial charge in [-0.1, -0.05) is 53.2 Å². The van der Waals surface area contributed by atoms with Gasteiger partial charge >= 0.3 is 0 Å². The number of fused-ring (bicyclic) bond motifs is 1. The zero-order valence-electron chi connectivity index (χ0n) is 19.2. The van der Waals surface area contributed by atoms with E-state index in [-0.39, 0.29) is 24.9 Å². The monoisotopic (exact) mass is 492 g/mol. The van der Waals surface area contributed by atoms with E-state index in [1.165, 1.54) is 9.58 Å². The topological polar surface area (TPSA) is 102 Å². The van der Waals surface area contributed by atoms with Crippen LogP contribution in [0.2, 0.25) is 5.02 Å². The Morgan fingerprint density at radius 3 is 2.69 bits per heavy atom. The summed E-state index contributed by atoms with van der Waals surface area (Å²) in [6, 6.07) is 17.2. The number of nitrogens with one attached hydrogen (secondary N) is 1. The van der Waals surface area contributed by atoms with Gasteiger partial charge in [0.2, 0.25) is 11.8 Å². The van der Waals surface area contributed by atoms with Crippen molar-refractivity contribution >= 4 is 34.4 Å². The number of aromatic nitrogens is 4. The molecule has 0 spiro atoms. The quantitative estimate of drug-likeness (QED) is 0.341. The highest BCUT2D eigenvalue weighted by molar-refractivity contribution is 6.31. The molecule has 4 aromatic rings. The molecule has 2 heterocycles. The molecule has 0 fully saturated rings. The summed E-state index contributed by atoms with van der Waals surface area (Å²) in [5.74, 6) is -0.671. The fraction of sp³-hybridized carbons (Fsp3) is 0.240. The van der Waals surface area contributed by atoms with Gasteiger partial charge in [-0.2, -0.15) is 0 Å². The van der Waals surface area contributed by atoms with E-state index in [0.29, 0.717) is 34.8 Å². The zero-order chi connectivity index (χ0) is 24.6. The summed E-state index contributed by atoms with van der Waals surface area (Å²) < 4.78 is 6.59. The minimum Gasteiger partial charge on any atom is -0.383 e. The number of benzene rings is 2. The molecule has 9 nitrogen and oxygen atoms in total. The van der Waals surface area contributed by atoms with Gasteiger partial charge in [0.25, 0.3) is 0 Å². The Labute approximate surface area is 207 Å². The van der Waals surface area contributed by atoms with Crippen LogP contribution in [-0.4, -0.2) is 57.0 Å². The first-order valence-electron chi connectivity index (χ1n) is 11.1. The minimum absolute atomic E-state index is 0.104. The largest absolute Gasteiger partial charge is 0.383 e. The molecule has 2 aromatic carbocycles. The molecule has 1 N–H and O–H groups in total. The van der Waals surface area contributed by atoms with E-state index in [4.69, 9.17) is 16.3 Å². The predicted molar refractivity (Wildman–Crippen MR) is 131 cm³/mol. The number of nitrogens with zero attached hydrogens (tertiary/aromatic N) is 5. The zero-order valence-corrected chi connectivity index (χ0v) is 19.9. The van der Waals surface area contributed by atoms with Crippen LogP contribution in [0.1, 0.15) is 17.2 Å². The Kier molecular flexibility index (Phi) is 8.02. The SMILES string of the molecule is COCCNC(=O)[C@@H](c1cccnc1)N(Cc1ccccc1Cl)C(=O)Cn1nnc2ccccc21. The van der Waals surface area contributed by atoms with Crippen molar-refractivity contribution in [2.45, 2.75) is 19.1 Å². The molecule has 0 radical (unpaired) electrons. The lowest BCUT2D eigenvalue weighted by Crippen LogP contribution is -2.45. The summed E-state index contributed by atoms with van der Waals surface area (Å²) in [6.07, 6.45) is 3.20. The van der Waals surface area contributed by atoms with Crippen LogP contribution in [0.5, 0.6) is 0 Å². The van der Waals surface area contributed by atoms with E-state index in [1.54, 1.807) is 37.7 Å². The summed E-state index contributed by atoms with van der Waals surface area (Å²) >= 11 is 6.43. The summed E-state index contributed by atoms with van der Waals surface area (Å²) in [7, 11) is 1.56. The highest BCUT2D eigenvalue weighted by Gasteiger charge is 2.32. The fourth-order valence-corrected chi connectivity index (χ4v) is 3.97. The second kappa shape index (κ2) is 11.5. The Morgan fingerprint density at radius 2 is 1.91 bits per heavy atom. The van der Waals surface area contributed by atoms with E-state index in [0.717, 1.165) is 5.52 Å². The molecule has 4 rings (SSSR count). The Morgan fingerprint density at radius 1 is 1.11 bits per heavy atom. The summed E-state index contributed by atoms with van der Waals surface area (Å²) in [5, 5.41) is 11.6. The number of carbonyl (C=O) groups is 2. The number of hydrogen-bond donors (Lipinski definition) is 1. The first-order valence-corrected chi connectivity index (χ1v) is 11.4. The van der Waals surface area contributed by atoms with Crippen molar-refractivity contribution in [2.24, 2.45) is 0 Å². The first kappa shape index (κ1) is 24.3. The van der Waals surface area contributed by atoms with Gasteiger partial charge in [0.1, 0.15) is 18.1 Å². The number of amides is 2. The van der Waals surface area contributed by atoms with Crippen LogP contribution in [-0.2, 0) is 27.4 Å².